The standard InChI is InChI=1S/C3H6O.Ca.2H/c1-3(2)4;;;/h1-2H3;;;. The van der Waals surface area contributed by atoms with Crippen molar-refractivity contribution in [2.75, 3.05) is 0 Å². The van der Waals surface area contributed by atoms with Gasteiger partial charge in [-0.25, -0.2) is 0 Å². The summed E-state index contributed by atoms with van der Waals surface area (Å²) in [6.07, 6.45) is 0. The molecular weight excluding hydrogens is 92.1 g/mol. The molecule has 0 saturated carbocycles. The average Bonchev–Trinajstić information content (AvgIpc) is 0.811. The fourth-order valence-electron chi connectivity index (χ4n) is 0. The first-order valence-corrected chi connectivity index (χ1v) is 1.20. The van der Waals surface area contributed by atoms with Crippen molar-refractivity contribution in [2.24, 2.45) is 0 Å². The molecule has 0 aromatic rings. The molecular formula is C3H8CaO. The third kappa shape index (κ3) is 49.0. The zero-order valence-corrected chi connectivity index (χ0v) is 2.91. The van der Waals surface area contributed by atoms with E-state index >= 15 is 0 Å². The van der Waals surface area contributed by atoms with Crippen LogP contribution in [-0.2, 0) is 4.79 Å². The van der Waals surface area contributed by atoms with Crippen molar-refractivity contribution in [1.82, 2.24) is 0 Å². The van der Waals surface area contributed by atoms with E-state index in [0.717, 1.165) is 0 Å². The third-order valence-electron chi connectivity index (χ3n) is 0. The van der Waals surface area contributed by atoms with Gasteiger partial charge < -0.3 is 4.79 Å². The van der Waals surface area contributed by atoms with Crippen LogP contribution in [0.3, 0.4) is 0 Å². The van der Waals surface area contributed by atoms with E-state index in [1.54, 1.807) is 0 Å². The minimum atomic E-state index is 0. The SMILES string of the molecule is CC(C)=O.[CaH2]. The number of carbonyl (C=O) groups is 1. The average molecular weight is 100 g/mol. The second-order valence-corrected chi connectivity index (χ2v) is 0.908. The van der Waals surface area contributed by atoms with E-state index in [4.69, 9.17) is 0 Å². The summed E-state index contributed by atoms with van der Waals surface area (Å²) >= 11 is 0. The monoisotopic (exact) mass is 100 g/mol. The summed E-state index contributed by atoms with van der Waals surface area (Å²) in [5.41, 5.74) is 0. The Balaban J connectivity index is 0. The topological polar surface area (TPSA) is 17.1 Å². The Morgan fingerprint density at radius 2 is 1.40 bits per heavy atom. The Kier molecular flexibility index (Phi) is 9.20. The van der Waals surface area contributed by atoms with Crippen LogP contribution in [-0.4, -0.2) is 43.5 Å². The Hall–Kier alpha value is 0.930. The van der Waals surface area contributed by atoms with E-state index in [1.807, 2.05) is 0 Å². The molecule has 0 bridgehead atoms. The zero-order chi connectivity index (χ0) is 3.58. The second kappa shape index (κ2) is 4.93. The van der Waals surface area contributed by atoms with Gasteiger partial charge in [-0.3, -0.25) is 0 Å². The van der Waals surface area contributed by atoms with E-state index < -0.39 is 0 Å². The molecule has 0 spiro atoms. The Labute approximate surface area is 61.7 Å². The number of ketones is 1. The van der Waals surface area contributed by atoms with Gasteiger partial charge in [0.25, 0.3) is 0 Å². The molecule has 0 fully saturated rings. The van der Waals surface area contributed by atoms with Gasteiger partial charge in [0.05, 0.1) is 0 Å². The number of Topliss-reactive ketones (excluding diaryl/α,β-unsaturated/α-hetero) is 1. The molecule has 0 amide bonds. The molecule has 0 aromatic heterocycles. The van der Waals surface area contributed by atoms with Gasteiger partial charge in [0, 0.05) is 0 Å². The Morgan fingerprint density at radius 1 is 1.40 bits per heavy atom. The van der Waals surface area contributed by atoms with Crippen molar-refractivity contribution in [3.8, 4) is 0 Å². The fraction of sp³-hybridized carbons (Fsp3) is 0.667. The Bertz CT molecular complexity index is 29.9. The van der Waals surface area contributed by atoms with Gasteiger partial charge >= 0.3 is 37.7 Å². The van der Waals surface area contributed by atoms with Crippen LogP contribution in [0.5, 0.6) is 0 Å². The van der Waals surface area contributed by atoms with Gasteiger partial charge in [-0.2, -0.15) is 0 Å². The predicted molar refractivity (Wildman–Crippen MR) is 24.9 cm³/mol. The van der Waals surface area contributed by atoms with Crippen LogP contribution in [0.4, 0.5) is 0 Å². The van der Waals surface area contributed by atoms with E-state index in [9.17, 15) is 4.79 Å². The summed E-state index contributed by atoms with van der Waals surface area (Å²) in [7, 11) is 0. The molecule has 5 heavy (non-hydrogen) atoms. The van der Waals surface area contributed by atoms with Crippen molar-refractivity contribution >= 4 is 43.5 Å². The maximum absolute atomic E-state index is 9.44. The molecule has 0 rings (SSSR count). The molecule has 0 radical (unpaired) electrons. The molecule has 0 unspecified atom stereocenters. The molecule has 0 heterocycles. The minimum absolute atomic E-state index is 0. The van der Waals surface area contributed by atoms with Gasteiger partial charge in [0.2, 0.25) is 0 Å². The summed E-state index contributed by atoms with van der Waals surface area (Å²) in [5.74, 6) is 0.167. The third-order valence-corrected chi connectivity index (χ3v) is 0. The molecule has 2 heteroatoms. The van der Waals surface area contributed by atoms with E-state index in [-0.39, 0.29) is 43.5 Å². The first kappa shape index (κ1) is 9.33. The van der Waals surface area contributed by atoms with Crippen LogP contribution in [0.2, 0.25) is 0 Å². The van der Waals surface area contributed by atoms with Crippen molar-refractivity contribution in [1.29, 1.82) is 0 Å². The van der Waals surface area contributed by atoms with Crippen molar-refractivity contribution in [3.63, 3.8) is 0 Å². The maximum atomic E-state index is 9.44. The summed E-state index contributed by atoms with van der Waals surface area (Å²) < 4.78 is 0. The van der Waals surface area contributed by atoms with Crippen LogP contribution < -0.4 is 0 Å². The molecule has 0 aliphatic rings. The van der Waals surface area contributed by atoms with Crippen molar-refractivity contribution in [3.05, 3.63) is 0 Å². The summed E-state index contributed by atoms with van der Waals surface area (Å²) in [5, 5.41) is 0. The van der Waals surface area contributed by atoms with Gasteiger partial charge in [-0.15, -0.1) is 0 Å². The second-order valence-electron chi connectivity index (χ2n) is 0.908. The summed E-state index contributed by atoms with van der Waals surface area (Å²) in [6.45, 7) is 3.06. The molecule has 1 nitrogen and oxygen atoms in total. The molecule has 0 atom stereocenters. The van der Waals surface area contributed by atoms with Crippen LogP contribution >= 0.6 is 0 Å². The summed E-state index contributed by atoms with van der Waals surface area (Å²) in [6, 6.07) is 0. The molecule has 28 valence electrons. The number of hydrogen-bond acceptors (Lipinski definition) is 1. The van der Waals surface area contributed by atoms with Crippen molar-refractivity contribution < 1.29 is 4.79 Å². The number of rotatable bonds is 0. The zero-order valence-electron chi connectivity index (χ0n) is 2.91. The molecule has 0 aliphatic heterocycles. The number of carbonyl (C=O) groups excluding carboxylic acids is 1. The van der Waals surface area contributed by atoms with Crippen LogP contribution in [0, 0.1) is 0 Å². The van der Waals surface area contributed by atoms with Gasteiger partial charge in [-0.05, 0) is 13.8 Å². The van der Waals surface area contributed by atoms with E-state index in [2.05, 4.69) is 0 Å². The first-order chi connectivity index (χ1) is 1.73. The molecule has 0 aliphatic carbocycles. The van der Waals surface area contributed by atoms with Crippen LogP contribution in [0.15, 0.2) is 0 Å². The fourth-order valence-corrected chi connectivity index (χ4v) is 0. The summed E-state index contributed by atoms with van der Waals surface area (Å²) in [4.78, 5) is 9.44. The number of hydrogen-bond donors (Lipinski definition) is 0. The van der Waals surface area contributed by atoms with E-state index in [0.29, 0.717) is 0 Å². The quantitative estimate of drug-likeness (QED) is 0.381. The molecule has 0 aromatic carbocycles. The predicted octanol–water partition coefficient (Wildman–Crippen LogP) is -0.321. The van der Waals surface area contributed by atoms with Gasteiger partial charge in [0.15, 0.2) is 0 Å². The molecule has 0 saturated heterocycles. The van der Waals surface area contributed by atoms with Crippen molar-refractivity contribution in [2.45, 2.75) is 13.8 Å². The first-order valence-electron chi connectivity index (χ1n) is 1.20. The van der Waals surface area contributed by atoms with Crippen LogP contribution in [0.25, 0.3) is 0 Å². The van der Waals surface area contributed by atoms with E-state index in [1.165, 1.54) is 13.8 Å². The van der Waals surface area contributed by atoms with Gasteiger partial charge in [0.1, 0.15) is 5.78 Å². The van der Waals surface area contributed by atoms with Gasteiger partial charge in [-0.1, -0.05) is 0 Å². The normalized spacial score (nSPS) is 5.20. The molecule has 0 N–H and O–H groups in total. The Morgan fingerprint density at radius 3 is 1.40 bits per heavy atom. The van der Waals surface area contributed by atoms with Crippen LogP contribution in [0.1, 0.15) is 13.8 Å².